The predicted octanol–water partition coefficient (Wildman–Crippen LogP) is 5.65. The Morgan fingerprint density at radius 1 is 0.867 bits per heavy atom. The summed E-state index contributed by atoms with van der Waals surface area (Å²) < 4.78 is 5.60. The molecule has 0 radical (unpaired) electrons. The zero-order chi connectivity index (χ0) is 20.9. The van der Waals surface area contributed by atoms with E-state index in [1.54, 1.807) is 24.3 Å². The van der Waals surface area contributed by atoms with Gasteiger partial charge in [0.05, 0.1) is 0 Å². The van der Waals surface area contributed by atoms with E-state index in [9.17, 15) is 9.59 Å². The first-order valence-corrected chi connectivity index (χ1v) is 9.53. The van der Waals surface area contributed by atoms with Crippen LogP contribution in [0.5, 0.6) is 0 Å². The van der Waals surface area contributed by atoms with Crippen molar-refractivity contribution in [1.29, 1.82) is 0 Å². The quantitative estimate of drug-likeness (QED) is 0.429. The van der Waals surface area contributed by atoms with Crippen LogP contribution in [-0.2, 0) is 4.79 Å². The van der Waals surface area contributed by atoms with Crippen molar-refractivity contribution in [1.82, 2.24) is 0 Å². The van der Waals surface area contributed by atoms with Crippen molar-refractivity contribution >= 4 is 40.2 Å². The van der Waals surface area contributed by atoms with Crippen molar-refractivity contribution < 1.29 is 14.0 Å². The summed E-state index contributed by atoms with van der Waals surface area (Å²) in [5, 5.41) is 6.56. The second-order valence-electron chi connectivity index (χ2n) is 6.87. The first-order valence-electron chi connectivity index (χ1n) is 9.53. The monoisotopic (exact) mass is 396 g/mol. The van der Waals surface area contributed by atoms with Gasteiger partial charge >= 0.3 is 0 Å². The Kier molecular flexibility index (Phi) is 5.44. The molecule has 2 N–H and O–H groups in total. The molecule has 1 aromatic heterocycles. The van der Waals surface area contributed by atoms with Crippen molar-refractivity contribution in [3.8, 4) is 0 Å². The van der Waals surface area contributed by atoms with E-state index in [4.69, 9.17) is 4.42 Å². The van der Waals surface area contributed by atoms with Crippen LogP contribution < -0.4 is 10.6 Å². The van der Waals surface area contributed by atoms with Gasteiger partial charge in [-0.05, 0) is 54.5 Å². The summed E-state index contributed by atoms with van der Waals surface area (Å²) >= 11 is 0. The molecule has 0 spiro atoms. The topological polar surface area (TPSA) is 71.3 Å². The highest BCUT2D eigenvalue weighted by Crippen LogP contribution is 2.23. The van der Waals surface area contributed by atoms with Crippen LogP contribution in [0, 0.1) is 6.92 Å². The van der Waals surface area contributed by atoms with E-state index >= 15 is 0 Å². The second-order valence-corrected chi connectivity index (χ2v) is 6.87. The van der Waals surface area contributed by atoms with Gasteiger partial charge in [-0.25, -0.2) is 0 Å². The average molecular weight is 396 g/mol. The second kappa shape index (κ2) is 8.49. The van der Waals surface area contributed by atoms with E-state index in [1.807, 2.05) is 67.6 Å². The molecule has 0 unspecified atom stereocenters. The van der Waals surface area contributed by atoms with Gasteiger partial charge in [-0.3, -0.25) is 9.59 Å². The lowest BCUT2D eigenvalue weighted by atomic mass is 10.1. The number of carbonyl (C=O) groups excluding carboxylic acids is 2. The third-order valence-electron chi connectivity index (χ3n) is 4.62. The molecular formula is C25H20N2O3. The molecule has 0 bridgehead atoms. The summed E-state index contributed by atoms with van der Waals surface area (Å²) in [7, 11) is 0. The molecule has 148 valence electrons. The van der Waals surface area contributed by atoms with Crippen molar-refractivity contribution in [3.05, 3.63) is 102 Å². The smallest absolute Gasteiger partial charge is 0.291 e. The molecule has 0 aliphatic rings. The van der Waals surface area contributed by atoms with E-state index in [-0.39, 0.29) is 17.6 Å². The minimum atomic E-state index is -0.322. The van der Waals surface area contributed by atoms with Crippen molar-refractivity contribution in [3.63, 3.8) is 0 Å². The number of fused-ring (bicyclic) bond motifs is 1. The van der Waals surface area contributed by atoms with Crippen LogP contribution in [0.25, 0.3) is 17.0 Å². The molecule has 1 heterocycles. The van der Waals surface area contributed by atoms with E-state index in [2.05, 4.69) is 10.6 Å². The summed E-state index contributed by atoms with van der Waals surface area (Å²) in [6.45, 7) is 1.86. The van der Waals surface area contributed by atoms with Gasteiger partial charge in [0.15, 0.2) is 5.76 Å². The van der Waals surface area contributed by atoms with Crippen LogP contribution in [0.1, 0.15) is 21.7 Å². The highest BCUT2D eigenvalue weighted by atomic mass is 16.3. The molecule has 0 fully saturated rings. The summed E-state index contributed by atoms with van der Waals surface area (Å²) in [5.74, 6) is -0.298. The SMILES string of the molecule is Cc1cc(NC(=O)/C=C/c2ccccc2)ccc1NC(=O)c1cc2ccccc2o1. The number of anilines is 2. The van der Waals surface area contributed by atoms with E-state index in [1.165, 1.54) is 6.08 Å². The minimum absolute atomic E-state index is 0.225. The lowest BCUT2D eigenvalue weighted by Crippen LogP contribution is -2.12. The number of nitrogens with one attached hydrogen (secondary N) is 2. The Balaban J connectivity index is 1.42. The Morgan fingerprint density at radius 2 is 1.63 bits per heavy atom. The number of rotatable bonds is 5. The molecule has 0 aliphatic heterocycles. The first kappa shape index (κ1) is 19.2. The summed E-state index contributed by atoms with van der Waals surface area (Å²) in [4.78, 5) is 24.7. The van der Waals surface area contributed by atoms with Gasteiger partial charge in [-0.1, -0.05) is 48.5 Å². The highest BCUT2D eigenvalue weighted by molar-refractivity contribution is 6.05. The van der Waals surface area contributed by atoms with Crippen molar-refractivity contribution in [2.45, 2.75) is 6.92 Å². The fourth-order valence-electron chi connectivity index (χ4n) is 3.08. The lowest BCUT2D eigenvalue weighted by molar-refractivity contribution is -0.111. The van der Waals surface area contributed by atoms with Crippen LogP contribution in [0.3, 0.4) is 0 Å². The number of hydrogen-bond acceptors (Lipinski definition) is 3. The molecule has 30 heavy (non-hydrogen) atoms. The number of para-hydroxylation sites is 1. The number of furan rings is 1. The van der Waals surface area contributed by atoms with Crippen LogP contribution >= 0.6 is 0 Å². The fourth-order valence-corrected chi connectivity index (χ4v) is 3.08. The van der Waals surface area contributed by atoms with Crippen LogP contribution in [0.15, 0.2) is 89.4 Å². The molecule has 2 amide bonds. The molecular weight excluding hydrogens is 376 g/mol. The largest absolute Gasteiger partial charge is 0.451 e. The number of benzene rings is 3. The van der Waals surface area contributed by atoms with E-state index in [0.717, 1.165) is 16.5 Å². The molecule has 5 nitrogen and oxygen atoms in total. The fraction of sp³-hybridized carbons (Fsp3) is 0.0400. The Hall–Kier alpha value is -4.12. The molecule has 0 atom stereocenters. The number of hydrogen-bond donors (Lipinski definition) is 2. The minimum Gasteiger partial charge on any atom is -0.451 e. The van der Waals surface area contributed by atoms with Gasteiger partial charge < -0.3 is 15.1 Å². The third-order valence-corrected chi connectivity index (χ3v) is 4.62. The van der Waals surface area contributed by atoms with Gasteiger partial charge in [0.2, 0.25) is 5.91 Å². The Labute approximate surface area is 174 Å². The number of aryl methyl sites for hydroxylation is 1. The maximum absolute atomic E-state index is 12.5. The van der Waals surface area contributed by atoms with Gasteiger partial charge in [0.1, 0.15) is 5.58 Å². The molecule has 0 saturated carbocycles. The Bertz CT molecular complexity index is 1210. The van der Waals surface area contributed by atoms with Gasteiger partial charge in [-0.15, -0.1) is 0 Å². The standard InChI is InChI=1S/C25H20N2O3/c1-17-15-20(26-24(28)14-11-18-7-3-2-4-8-18)12-13-21(17)27-25(29)23-16-19-9-5-6-10-22(19)30-23/h2-16H,1H3,(H,26,28)(H,27,29)/b14-11+. The maximum atomic E-state index is 12.5. The first-order chi connectivity index (χ1) is 14.6. The number of amides is 2. The van der Waals surface area contributed by atoms with Gasteiger partial charge in [0.25, 0.3) is 5.91 Å². The van der Waals surface area contributed by atoms with Crippen LogP contribution in [0.2, 0.25) is 0 Å². The predicted molar refractivity (Wildman–Crippen MR) is 119 cm³/mol. The van der Waals surface area contributed by atoms with Gasteiger partial charge in [-0.2, -0.15) is 0 Å². The molecule has 0 aliphatic carbocycles. The zero-order valence-corrected chi connectivity index (χ0v) is 16.4. The lowest BCUT2D eigenvalue weighted by Gasteiger charge is -2.10. The molecule has 4 aromatic rings. The summed E-state index contributed by atoms with van der Waals surface area (Å²) in [5.41, 5.74) is 3.74. The molecule has 5 heteroatoms. The summed E-state index contributed by atoms with van der Waals surface area (Å²) in [6.07, 6.45) is 3.24. The van der Waals surface area contributed by atoms with Crippen molar-refractivity contribution in [2.24, 2.45) is 0 Å². The van der Waals surface area contributed by atoms with Gasteiger partial charge in [0, 0.05) is 22.8 Å². The van der Waals surface area contributed by atoms with Crippen molar-refractivity contribution in [2.75, 3.05) is 10.6 Å². The average Bonchev–Trinajstić information content (AvgIpc) is 3.19. The third kappa shape index (κ3) is 4.47. The zero-order valence-electron chi connectivity index (χ0n) is 16.4. The molecule has 4 rings (SSSR count). The highest BCUT2D eigenvalue weighted by Gasteiger charge is 2.13. The van der Waals surface area contributed by atoms with Crippen LogP contribution in [0.4, 0.5) is 11.4 Å². The molecule has 3 aromatic carbocycles. The number of carbonyl (C=O) groups is 2. The summed E-state index contributed by atoms with van der Waals surface area (Å²) in [6, 6.07) is 24.1. The van der Waals surface area contributed by atoms with Crippen LogP contribution in [-0.4, -0.2) is 11.8 Å². The van der Waals surface area contributed by atoms with E-state index < -0.39 is 0 Å². The Morgan fingerprint density at radius 3 is 2.40 bits per heavy atom. The normalized spacial score (nSPS) is 11.0. The molecule has 0 saturated heterocycles. The maximum Gasteiger partial charge on any atom is 0.291 e. The van der Waals surface area contributed by atoms with E-state index in [0.29, 0.717) is 17.0 Å².